The number of nitrogens with zero attached hydrogens (tertiary/aromatic N) is 2. The first-order chi connectivity index (χ1) is 8.36. The molecule has 0 amide bonds. The summed E-state index contributed by atoms with van der Waals surface area (Å²) in [5.74, 6) is 0. The van der Waals surface area contributed by atoms with Crippen molar-refractivity contribution in [3.63, 3.8) is 0 Å². The van der Waals surface area contributed by atoms with Gasteiger partial charge in [0.05, 0.1) is 16.9 Å². The van der Waals surface area contributed by atoms with Crippen molar-refractivity contribution in [2.75, 3.05) is 5.73 Å². The van der Waals surface area contributed by atoms with E-state index in [2.05, 4.69) is 9.97 Å². The Bertz CT molecular complexity index is 672. The number of hydrogen-bond donors (Lipinski definition) is 1. The van der Waals surface area contributed by atoms with Crippen molar-refractivity contribution in [3.8, 4) is 11.3 Å². The van der Waals surface area contributed by atoms with Gasteiger partial charge in [0, 0.05) is 23.3 Å². The Labute approximate surface area is 98.9 Å². The van der Waals surface area contributed by atoms with Gasteiger partial charge in [0.1, 0.15) is 0 Å². The summed E-state index contributed by atoms with van der Waals surface area (Å²) in [6.45, 7) is 0. The highest BCUT2D eigenvalue weighted by molar-refractivity contribution is 5.95. The lowest BCUT2D eigenvalue weighted by molar-refractivity contribution is 1.33. The maximum atomic E-state index is 5.96. The molecule has 0 saturated carbocycles. The van der Waals surface area contributed by atoms with Gasteiger partial charge in [-0.25, -0.2) is 0 Å². The lowest BCUT2D eigenvalue weighted by Crippen LogP contribution is -1.93. The molecule has 0 fully saturated rings. The Balaban J connectivity index is 2.35. The van der Waals surface area contributed by atoms with E-state index in [0.717, 1.165) is 22.2 Å². The first kappa shape index (κ1) is 9.78. The Morgan fingerprint density at radius 3 is 2.53 bits per heavy atom. The third kappa shape index (κ3) is 1.61. The fourth-order valence-corrected chi connectivity index (χ4v) is 1.95. The average Bonchev–Trinajstić information content (AvgIpc) is 2.39. The lowest BCUT2D eigenvalue weighted by atomic mass is 10.0. The van der Waals surface area contributed by atoms with E-state index in [0.29, 0.717) is 5.69 Å². The van der Waals surface area contributed by atoms with Gasteiger partial charge in [-0.2, -0.15) is 0 Å². The summed E-state index contributed by atoms with van der Waals surface area (Å²) in [7, 11) is 0. The molecule has 2 aromatic heterocycles. The molecule has 3 aromatic rings. The van der Waals surface area contributed by atoms with Gasteiger partial charge in [0.25, 0.3) is 0 Å². The van der Waals surface area contributed by atoms with Crippen molar-refractivity contribution < 1.29 is 0 Å². The van der Waals surface area contributed by atoms with Crippen LogP contribution in [0.25, 0.3) is 22.2 Å². The molecule has 2 N–H and O–H groups in total. The van der Waals surface area contributed by atoms with Gasteiger partial charge < -0.3 is 5.73 Å². The van der Waals surface area contributed by atoms with Crippen LogP contribution in [0.2, 0.25) is 0 Å². The normalized spacial score (nSPS) is 10.6. The first-order valence-corrected chi connectivity index (χ1v) is 5.41. The summed E-state index contributed by atoms with van der Waals surface area (Å²) in [5, 5.41) is 1.07. The summed E-state index contributed by atoms with van der Waals surface area (Å²) >= 11 is 0. The highest BCUT2D eigenvalue weighted by Crippen LogP contribution is 2.29. The van der Waals surface area contributed by atoms with Crippen LogP contribution in [-0.2, 0) is 0 Å². The number of benzene rings is 1. The van der Waals surface area contributed by atoms with Gasteiger partial charge in [-0.3, -0.25) is 9.97 Å². The van der Waals surface area contributed by atoms with Crippen LogP contribution in [0.3, 0.4) is 0 Å². The molecule has 0 radical (unpaired) electrons. The number of rotatable bonds is 1. The third-order valence-corrected chi connectivity index (χ3v) is 2.74. The predicted octanol–water partition coefficient (Wildman–Crippen LogP) is 2.88. The Morgan fingerprint density at radius 1 is 0.824 bits per heavy atom. The Kier molecular flexibility index (Phi) is 2.22. The molecule has 0 aliphatic carbocycles. The van der Waals surface area contributed by atoms with Gasteiger partial charge in [-0.1, -0.05) is 18.2 Å². The molecule has 0 saturated heterocycles. The zero-order chi connectivity index (χ0) is 11.7. The minimum Gasteiger partial charge on any atom is -0.397 e. The molecule has 0 bridgehead atoms. The van der Waals surface area contributed by atoms with E-state index in [9.17, 15) is 0 Å². The van der Waals surface area contributed by atoms with Crippen molar-refractivity contribution >= 4 is 16.6 Å². The van der Waals surface area contributed by atoms with Gasteiger partial charge in [-0.15, -0.1) is 0 Å². The number of aromatic nitrogens is 2. The van der Waals surface area contributed by atoms with E-state index in [4.69, 9.17) is 5.73 Å². The number of pyridine rings is 2. The average molecular weight is 221 g/mol. The maximum absolute atomic E-state index is 5.96. The van der Waals surface area contributed by atoms with Crippen molar-refractivity contribution in [2.45, 2.75) is 0 Å². The number of anilines is 1. The molecule has 2 heterocycles. The summed E-state index contributed by atoms with van der Waals surface area (Å²) in [4.78, 5) is 8.67. The predicted molar refractivity (Wildman–Crippen MR) is 69.4 cm³/mol. The molecule has 3 nitrogen and oxygen atoms in total. The van der Waals surface area contributed by atoms with E-state index >= 15 is 0 Å². The molecule has 0 spiro atoms. The van der Waals surface area contributed by atoms with Crippen LogP contribution in [0.1, 0.15) is 0 Å². The fraction of sp³-hybridized carbons (Fsp3) is 0. The number of fused-ring (bicyclic) bond motifs is 1. The van der Waals surface area contributed by atoms with Gasteiger partial charge in [0.15, 0.2) is 0 Å². The molecule has 3 heteroatoms. The molecule has 0 aliphatic rings. The van der Waals surface area contributed by atoms with Crippen LogP contribution in [0.15, 0.2) is 54.9 Å². The molecule has 17 heavy (non-hydrogen) atoms. The van der Waals surface area contributed by atoms with Gasteiger partial charge in [0.2, 0.25) is 0 Å². The van der Waals surface area contributed by atoms with Crippen LogP contribution in [0, 0.1) is 0 Å². The highest BCUT2D eigenvalue weighted by atomic mass is 14.7. The van der Waals surface area contributed by atoms with Crippen LogP contribution in [0.4, 0.5) is 5.69 Å². The van der Waals surface area contributed by atoms with E-state index in [1.54, 1.807) is 12.4 Å². The zero-order valence-electron chi connectivity index (χ0n) is 9.17. The largest absolute Gasteiger partial charge is 0.397 e. The highest BCUT2D eigenvalue weighted by Gasteiger charge is 2.07. The standard InChI is InChI=1S/C14H11N3/c15-12-6-3-9-17-14(12)11-4-1-7-13-10(11)5-2-8-16-13/h1-9H,15H2. The van der Waals surface area contributed by atoms with E-state index in [1.165, 1.54) is 0 Å². The van der Waals surface area contributed by atoms with Crippen molar-refractivity contribution in [1.82, 2.24) is 9.97 Å². The quantitative estimate of drug-likeness (QED) is 0.687. The van der Waals surface area contributed by atoms with Crippen LogP contribution in [-0.4, -0.2) is 9.97 Å². The Morgan fingerprint density at radius 2 is 1.65 bits per heavy atom. The molecule has 82 valence electrons. The van der Waals surface area contributed by atoms with Gasteiger partial charge >= 0.3 is 0 Å². The summed E-state index contributed by atoms with van der Waals surface area (Å²) < 4.78 is 0. The molecule has 0 aliphatic heterocycles. The lowest BCUT2D eigenvalue weighted by Gasteiger charge is -2.07. The first-order valence-electron chi connectivity index (χ1n) is 5.41. The van der Waals surface area contributed by atoms with E-state index < -0.39 is 0 Å². The Hall–Kier alpha value is -2.42. The second-order valence-corrected chi connectivity index (χ2v) is 3.82. The van der Waals surface area contributed by atoms with E-state index in [1.807, 2.05) is 42.5 Å². The van der Waals surface area contributed by atoms with E-state index in [-0.39, 0.29) is 0 Å². The molecule has 1 aromatic carbocycles. The molecule has 3 rings (SSSR count). The molecular formula is C14H11N3. The summed E-state index contributed by atoms with van der Waals surface area (Å²) in [6.07, 6.45) is 3.54. The van der Waals surface area contributed by atoms with Gasteiger partial charge in [-0.05, 0) is 24.3 Å². The number of nitrogen functional groups attached to an aromatic ring is 1. The summed E-state index contributed by atoms with van der Waals surface area (Å²) in [6, 6.07) is 13.6. The second-order valence-electron chi connectivity index (χ2n) is 3.82. The van der Waals surface area contributed by atoms with Crippen molar-refractivity contribution in [1.29, 1.82) is 0 Å². The maximum Gasteiger partial charge on any atom is 0.0937 e. The van der Waals surface area contributed by atoms with Crippen LogP contribution < -0.4 is 5.73 Å². The molecule has 0 atom stereocenters. The SMILES string of the molecule is Nc1cccnc1-c1cccc2ncccc12. The fourth-order valence-electron chi connectivity index (χ4n) is 1.95. The minimum atomic E-state index is 0.684. The second kappa shape index (κ2) is 3.87. The molecule has 0 unspecified atom stereocenters. The zero-order valence-corrected chi connectivity index (χ0v) is 9.17. The number of hydrogen-bond acceptors (Lipinski definition) is 3. The third-order valence-electron chi connectivity index (χ3n) is 2.74. The minimum absolute atomic E-state index is 0.684. The molecular weight excluding hydrogens is 210 g/mol. The number of nitrogens with two attached hydrogens (primary N) is 1. The summed E-state index contributed by atoms with van der Waals surface area (Å²) in [5.41, 5.74) is 9.43. The van der Waals surface area contributed by atoms with Crippen LogP contribution in [0.5, 0.6) is 0 Å². The monoisotopic (exact) mass is 221 g/mol. The van der Waals surface area contributed by atoms with Crippen molar-refractivity contribution in [2.24, 2.45) is 0 Å². The van der Waals surface area contributed by atoms with Crippen LogP contribution >= 0.6 is 0 Å². The smallest absolute Gasteiger partial charge is 0.0937 e. The topological polar surface area (TPSA) is 51.8 Å². The van der Waals surface area contributed by atoms with Crippen molar-refractivity contribution in [3.05, 3.63) is 54.9 Å².